The molecule has 7 rings (SSSR count). The molecule has 0 fully saturated rings. The molecule has 0 unspecified atom stereocenters. The summed E-state index contributed by atoms with van der Waals surface area (Å²) in [6.07, 6.45) is 3.11. The van der Waals surface area contributed by atoms with E-state index in [-0.39, 0.29) is 61.6 Å². The van der Waals surface area contributed by atoms with Crippen LogP contribution in [0.1, 0.15) is 30.5 Å². The van der Waals surface area contributed by atoms with Crippen molar-refractivity contribution >= 4 is 152 Å². The Morgan fingerprint density at radius 1 is 0.774 bits per heavy atom. The quantitative estimate of drug-likeness (QED) is 0.0576. The van der Waals surface area contributed by atoms with E-state index in [1.165, 1.54) is 20.9 Å². The van der Waals surface area contributed by atoms with E-state index >= 15 is 0 Å². The molecule has 2 aliphatic rings. The van der Waals surface area contributed by atoms with Crippen molar-refractivity contribution in [1.29, 1.82) is 2.86 Å². The molecule has 0 aliphatic carbocycles. The molecule has 0 atom stereocenters. The zero-order chi connectivity index (χ0) is 46.8. The molecule has 5 aromatic rings. The van der Waals surface area contributed by atoms with Crippen molar-refractivity contribution in [2.24, 2.45) is 0 Å². The number of nitrogens with one attached hydrogen (secondary N) is 1. The Morgan fingerprint density at radius 3 is 1.69 bits per heavy atom. The van der Waals surface area contributed by atoms with Crippen LogP contribution in [0.4, 0.5) is 38.5 Å². The molecule has 2 aromatic heterocycles. The van der Waals surface area contributed by atoms with Gasteiger partial charge in [0.25, 0.3) is 0 Å². The van der Waals surface area contributed by atoms with Crippen LogP contribution in [0.3, 0.4) is 0 Å². The van der Waals surface area contributed by atoms with Gasteiger partial charge in [0.2, 0.25) is 23.8 Å². The fourth-order valence-corrected chi connectivity index (χ4v) is 7.73. The van der Waals surface area contributed by atoms with Gasteiger partial charge < -0.3 is 15.5 Å². The highest BCUT2D eigenvalue weighted by Crippen LogP contribution is 2.36. The van der Waals surface area contributed by atoms with Crippen LogP contribution in [0.5, 0.6) is 0 Å². The van der Waals surface area contributed by atoms with E-state index in [1.807, 2.05) is 26.0 Å². The number of aliphatic hydroxyl groups excluding tert-OH is 2. The van der Waals surface area contributed by atoms with Gasteiger partial charge in [0.05, 0.1) is 66.6 Å². The molecule has 0 saturated heterocycles. The number of urea groups is 2. The number of β-amino-alcohol motifs (C(OH)–C–C–N with tert-alkyl or cyclic N) is 2. The van der Waals surface area contributed by atoms with Gasteiger partial charge in [0.1, 0.15) is 11.6 Å². The highest BCUT2D eigenvalue weighted by Gasteiger charge is 2.36. The van der Waals surface area contributed by atoms with Crippen molar-refractivity contribution in [3.63, 3.8) is 0 Å². The van der Waals surface area contributed by atoms with Crippen LogP contribution in [0, 0.1) is 0 Å². The number of carbonyl (C=O) groups excluding carboxylic acids is 2. The molecule has 24 heteroatoms. The van der Waals surface area contributed by atoms with E-state index in [2.05, 4.69) is 103 Å². The third-order valence-corrected chi connectivity index (χ3v) is 10.7. The zero-order valence-corrected chi connectivity index (χ0v) is 42.9. The first kappa shape index (κ1) is 48.6. The minimum atomic E-state index is -3.84. The lowest BCUT2D eigenvalue weighted by Gasteiger charge is -2.36. The first-order valence-corrected chi connectivity index (χ1v) is 30.0. The van der Waals surface area contributed by atoms with Crippen molar-refractivity contribution in [2.75, 3.05) is 51.2 Å². The Morgan fingerprint density at radius 2 is 1.23 bits per heavy atom. The van der Waals surface area contributed by atoms with E-state index in [0.717, 1.165) is 15.6 Å². The van der Waals surface area contributed by atoms with E-state index in [9.17, 15) is 18.0 Å². The molecule has 4 amide bonds. The number of rotatable bonds is 13. The number of amides is 4. The monoisotopic (exact) mass is 1200 g/mol. The van der Waals surface area contributed by atoms with Crippen LogP contribution in [-0.4, -0.2) is 85.8 Å². The van der Waals surface area contributed by atoms with Gasteiger partial charge >= 0.3 is 12.1 Å². The lowest BCUT2D eigenvalue weighted by atomic mass is 10.2. The SMILES string of the molecule is S=PI.S=PI.[3H]OCCN1C(=O)N(c2ccccc2Cl)Cc2cnc(NC(C)C)nc21.[3H]OCCN1C(=O)N(c2ccccc2Cl)Cc2cnc(S(=O)(=O)Cc3ccccc3)nc21. The Balaban J connectivity index is 0.000000254. The molecule has 3 N–H and O–H groups in total. The Kier molecular flexibility index (Phi) is 20.0. The van der Waals surface area contributed by atoms with Crippen molar-refractivity contribution in [3.05, 3.63) is 118 Å². The molecule has 0 bridgehead atoms. The number of hydrogen-bond acceptors (Lipinski definition) is 13. The molecule has 328 valence electrons. The predicted octanol–water partition coefficient (Wildman–Crippen LogP) is 9.42. The molecular weight excluding hydrogens is 1160 g/mol. The molecule has 3 aromatic carbocycles. The number of benzene rings is 3. The Hall–Kier alpha value is -2.89. The number of halogens is 4. The van der Waals surface area contributed by atoms with Gasteiger partial charge in [-0.25, -0.2) is 33.0 Å². The van der Waals surface area contributed by atoms with Crippen LogP contribution >= 0.6 is 77.3 Å². The zero-order valence-electron chi connectivity index (χ0n) is 34.8. The highest BCUT2D eigenvalue weighted by molar-refractivity contribution is 14.2. The molecule has 0 radical (unpaired) electrons. The summed E-state index contributed by atoms with van der Waals surface area (Å²) >= 11 is 25.4. The summed E-state index contributed by atoms with van der Waals surface area (Å²) in [5.41, 5.74) is 3.07. The molecule has 15 nitrogen and oxygen atoms in total. The average Bonchev–Trinajstić information content (AvgIpc) is 3.27. The normalized spacial score (nSPS) is 13.7. The van der Waals surface area contributed by atoms with Crippen molar-refractivity contribution in [2.45, 2.75) is 43.9 Å². The number of aromatic nitrogens is 4. The average molecular weight is 1200 g/mol. The van der Waals surface area contributed by atoms with Crippen LogP contribution in [0.25, 0.3) is 0 Å². The van der Waals surface area contributed by atoms with Crippen molar-refractivity contribution in [3.8, 4) is 0 Å². The van der Waals surface area contributed by atoms with Crippen LogP contribution in [-0.2, 0) is 52.3 Å². The standard InChI is InChI=1S/C21H19ClN4O4S.C17H20ClN5O2.2IPS/c22-17-8-4-5-9-18(17)26-13-16-12-23-20(24-19(16)25(10-11-27)21(26)28)31(29,30)14-15-6-2-1-3-7-15;1-11(2)20-16-19-9-12-10-23(14-6-4-3-5-13(14)18)17(25)22(7-8-24)15(12)21-16;2*1-2-3/h1-9,12,27H,10-11,13-14H2;3-6,9,11,24H,7-8,10H2,1-2H3,(H,19,20,21);;/i27T;24T;;. The largest absolute Gasteiger partial charge is 0.395 e. The van der Waals surface area contributed by atoms with E-state index < -0.39 is 15.9 Å². The summed E-state index contributed by atoms with van der Waals surface area (Å²) in [6.45, 7) is 4.60. The van der Waals surface area contributed by atoms with Crippen molar-refractivity contribution < 1.29 is 28.2 Å². The number of aliphatic hydroxyl groups is 2. The first-order valence-electron chi connectivity index (χ1n) is 19.0. The smallest absolute Gasteiger partial charge is 0.330 e. The third-order valence-electron chi connectivity index (χ3n) is 8.56. The minimum absolute atomic E-state index is 0.00543. The lowest BCUT2D eigenvalue weighted by Crippen LogP contribution is -2.49. The number of carbonyl (C=O) groups is 2. The second kappa shape index (κ2) is 25.6. The number of fused-ring (bicyclic) bond motifs is 2. The maximum atomic E-state index is 13.3. The third kappa shape index (κ3) is 13.8. The fourth-order valence-electron chi connectivity index (χ4n) is 6.06. The van der Waals surface area contributed by atoms with E-state index in [0.29, 0.717) is 50.9 Å². The maximum Gasteiger partial charge on any atom is 0.330 e. The van der Waals surface area contributed by atoms with Gasteiger partial charge in [-0.05, 0) is 111 Å². The molecular formula is C38H39Cl2I2N9O6P2S3. The summed E-state index contributed by atoms with van der Waals surface area (Å²) < 4.78 is 39.7. The minimum Gasteiger partial charge on any atom is -0.395 e. The number of para-hydroxylation sites is 2. The number of nitrogens with zero attached hydrogens (tertiary/aromatic N) is 8. The second-order valence-electron chi connectivity index (χ2n) is 13.1. The Labute approximate surface area is 412 Å². The predicted molar refractivity (Wildman–Crippen MR) is 272 cm³/mol. The first-order chi connectivity index (χ1) is 30.7. The number of hydrogen-bond donors (Lipinski definition) is 3. The topological polar surface area (TPSA) is 185 Å². The fraction of sp³-hybridized carbons (Fsp3) is 0.263. The van der Waals surface area contributed by atoms with Gasteiger partial charge in [0.15, 0.2) is 0 Å². The maximum absolute atomic E-state index is 13.3. The van der Waals surface area contributed by atoms with E-state index in [1.54, 1.807) is 77.8 Å². The van der Waals surface area contributed by atoms with E-state index in [4.69, 9.17) is 26.1 Å². The van der Waals surface area contributed by atoms with Gasteiger partial charge in [-0.3, -0.25) is 19.6 Å². The van der Waals surface area contributed by atoms with Gasteiger partial charge in [-0.2, -0.15) is 4.98 Å². The lowest BCUT2D eigenvalue weighted by molar-refractivity contribution is 0.244. The summed E-state index contributed by atoms with van der Waals surface area (Å²) in [6, 6.07) is 22.2. The number of sulfone groups is 1. The summed E-state index contributed by atoms with van der Waals surface area (Å²) in [4.78, 5) is 51.2. The van der Waals surface area contributed by atoms with Gasteiger partial charge in [-0.15, -0.1) is 0 Å². The van der Waals surface area contributed by atoms with Gasteiger partial charge in [0, 0.05) is 39.6 Å². The molecule has 2 aliphatic heterocycles. The summed E-state index contributed by atoms with van der Waals surface area (Å²) in [5.74, 6) is 0.891. The molecule has 0 saturated carbocycles. The second-order valence-corrected chi connectivity index (χ2v) is 24.0. The Bertz CT molecular complexity index is 2500. The van der Waals surface area contributed by atoms with Crippen LogP contribution in [0.2, 0.25) is 10.0 Å². The van der Waals surface area contributed by atoms with Gasteiger partial charge in [-0.1, -0.05) is 77.8 Å². The summed E-state index contributed by atoms with van der Waals surface area (Å²) in [7, 11) is -3.84. The number of anilines is 5. The highest BCUT2D eigenvalue weighted by atomic mass is 127. The van der Waals surface area contributed by atoms with Crippen molar-refractivity contribution in [1.82, 2.24) is 19.9 Å². The molecule has 62 heavy (non-hydrogen) atoms. The summed E-state index contributed by atoms with van der Waals surface area (Å²) in [5, 5.41) is 12.5. The van der Waals surface area contributed by atoms with Crippen LogP contribution in [0.15, 0.2) is 96.4 Å². The molecule has 4 heterocycles. The van der Waals surface area contributed by atoms with Crippen LogP contribution < -0.4 is 24.9 Å². The molecule has 0 spiro atoms.